The Balaban J connectivity index is 1.73. The Bertz CT molecular complexity index is 492. The molecule has 0 spiro atoms. The van der Waals surface area contributed by atoms with Crippen molar-refractivity contribution in [1.29, 1.82) is 0 Å². The molecule has 1 N–H and O–H groups in total. The van der Waals surface area contributed by atoms with Crippen molar-refractivity contribution in [2.24, 2.45) is 0 Å². The highest BCUT2D eigenvalue weighted by atomic mass is 16.5. The van der Waals surface area contributed by atoms with Gasteiger partial charge < -0.3 is 19.0 Å². The van der Waals surface area contributed by atoms with E-state index in [1.807, 2.05) is 0 Å². The third-order valence-electron chi connectivity index (χ3n) is 2.28. The summed E-state index contributed by atoms with van der Waals surface area (Å²) < 4.78 is 14.4. The molecule has 0 bridgehead atoms. The van der Waals surface area contributed by atoms with Gasteiger partial charge in [-0.05, 0) is 12.1 Å². The maximum Gasteiger partial charge on any atom is 0.373 e. The lowest BCUT2D eigenvalue weighted by Crippen LogP contribution is -2.16. The van der Waals surface area contributed by atoms with Gasteiger partial charge >= 0.3 is 5.97 Å². The molecular weight excluding hydrogens is 238 g/mol. The molecule has 0 fully saturated rings. The summed E-state index contributed by atoms with van der Waals surface area (Å²) in [5.41, 5.74) is 0. The number of nitrogens with zero attached hydrogens (tertiary/aromatic N) is 2. The van der Waals surface area contributed by atoms with Crippen LogP contribution < -0.4 is 5.32 Å². The van der Waals surface area contributed by atoms with Crippen LogP contribution >= 0.6 is 0 Å². The number of hydrogen-bond acceptors (Lipinski definition) is 7. The summed E-state index contributed by atoms with van der Waals surface area (Å²) in [6, 6.07) is 3.32. The largest absolute Gasteiger partial charge is 0.463 e. The smallest absolute Gasteiger partial charge is 0.373 e. The van der Waals surface area contributed by atoms with Crippen molar-refractivity contribution in [2.75, 3.05) is 13.7 Å². The number of hydrogen-bond donors (Lipinski definition) is 1. The van der Waals surface area contributed by atoms with Crippen LogP contribution in [0.1, 0.15) is 22.1 Å². The fraction of sp³-hybridized carbons (Fsp3) is 0.364. The first kappa shape index (κ1) is 12.3. The highest BCUT2D eigenvalue weighted by molar-refractivity contribution is 5.86. The number of nitrogens with one attached hydrogen (secondary N) is 1. The average Bonchev–Trinajstić information content (AvgIpc) is 3.05. The summed E-state index contributed by atoms with van der Waals surface area (Å²) in [6.45, 7) is 1.21. The molecule has 0 aromatic carbocycles. The van der Waals surface area contributed by atoms with Gasteiger partial charge in [0.1, 0.15) is 5.76 Å². The zero-order valence-electron chi connectivity index (χ0n) is 9.88. The minimum atomic E-state index is -0.479. The monoisotopic (exact) mass is 251 g/mol. The number of rotatable bonds is 6. The second-order valence-corrected chi connectivity index (χ2v) is 3.53. The van der Waals surface area contributed by atoms with Crippen LogP contribution in [0, 0.1) is 0 Å². The Morgan fingerprint density at radius 1 is 1.50 bits per heavy atom. The van der Waals surface area contributed by atoms with Crippen LogP contribution in [0.25, 0.3) is 0 Å². The molecule has 18 heavy (non-hydrogen) atoms. The van der Waals surface area contributed by atoms with Gasteiger partial charge in [-0.25, -0.2) is 4.79 Å². The summed E-state index contributed by atoms with van der Waals surface area (Å²) in [6.07, 6.45) is 1.96. The second-order valence-electron chi connectivity index (χ2n) is 3.53. The van der Waals surface area contributed by atoms with E-state index in [1.54, 1.807) is 12.1 Å². The van der Waals surface area contributed by atoms with Gasteiger partial charge in [-0.1, -0.05) is 5.16 Å². The predicted octanol–water partition coefficient (Wildman–Crippen LogP) is 0.781. The SMILES string of the molecule is COC(=O)c1ccc(CNCCc2ncon2)o1. The van der Waals surface area contributed by atoms with E-state index in [0.717, 1.165) is 0 Å². The van der Waals surface area contributed by atoms with Crippen molar-refractivity contribution >= 4 is 5.97 Å². The molecule has 2 aromatic heterocycles. The lowest BCUT2D eigenvalue weighted by atomic mass is 10.4. The molecule has 2 heterocycles. The topological polar surface area (TPSA) is 90.4 Å². The molecule has 0 aliphatic carbocycles. The molecule has 7 nitrogen and oxygen atoms in total. The number of ether oxygens (including phenoxy) is 1. The molecule has 0 unspecified atom stereocenters. The normalized spacial score (nSPS) is 10.5. The molecule has 0 radical (unpaired) electrons. The van der Waals surface area contributed by atoms with E-state index >= 15 is 0 Å². The Kier molecular flexibility index (Phi) is 4.08. The number of carbonyl (C=O) groups is 1. The first-order chi connectivity index (χ1) is 8.79. The quantitative estimate of drug-likeness (QED) is 0.599. The van der Waals surface area contributed by atoms with E-state index in [-0.39, 0.29) is 5.76 Å². The molecule has 96 valence electrons. The first-order valence-electron chi connectivity index (χ1n) is 5.42. The number of methoxy groups -OCH3 is 1. The van der Waals surface area contributed by atoms with Crippen LogP contribution in [0.3, 0.4) is 0 Å². The molecule has 0 aliphatic heterocycles. The molecule has 2 aromatic rings. The second kappa shape index (κ2) is 5.97. The average molecular weight is 251 g/mol. The Hall–Kier alpha value is -2.15. The number of esters is 1. The third-order valence-corrected chi connectivity index (χ3v) is 2.28. The van der Waals surface area contributed by atoms with Gasteiger partial charge in [-0.2, -0.15) is 4.98 Å². The van der Waals surface area contributed by atoms with Gasteiger partial charge in [0.2, 0.25) is 12.2 Å². The number of carbonyl (C=O) groups excluding carboxylic acids is 1. The summed E-state index contributed by atoms with van der Waals surface area (Å²) >= 11 is 0. The maximum atomic E-state index is 11.1. The molecule has 7 heteroatoms. The minimum Gasteiger partial charge on any atom is -0.463 e. The zero-order valence-corrected chi connectivity index (χ0v) is 9.88. The van der Waals surface area contributed by atoms with Crippen molar-refractivity contribution in [3.05, 3.63) is 35.9 Å². The van der Waals surface area contributed by atoms with E-state index in [2.05, 4.69) is 24.7 Å². The molecule has 0 saturated carbocycles. The van der Waals surface area contributed by atoms with Gasteiger partial charge in [-0.3, -0.25) is 0 Å². The van der Waals surface area contributed by atoms with Crippen LogP contribution in [-0.2, 0) is 17.7 Å². The molecule has 0 amide bonds. The van der Waals surface area contributed by atoms with Crippen LogP contribution in [-0.4, -0.2) is 29.8 Å². The van der Waals surface area contributed by atoms with Crippen molar-refractivity contribution < 1.29 is 18.5 Å². The van der Waals surface area contributed by atoms with E-state index in [4.69, 9.17) is 4.42 Å². The van der Waals surface area contributed by atoms with E-state index in [0.29, 0.717) is 31.1 Å². The molecule has 2 rings (SSSR count). The molecule has 0 aliphatic rings. The molecular formula is C11H13N3O4. The number of aromatic nitrogens is 2. The van der Waals surface area contributed by atoms with Gasteiger partial charge in [0.05, 0.1) is 13.7 Å². The van der Waals surface area contributed by atoms with Gasteiger partial charge in [0.15, 0.2) is 5.82 Å². The summed E-state index contributed by atoms with van der Waals surface area (Å²) in [5.74, 6) is 1.04. The standard InChI is InChI=1S/C11H13N3O4/c1-16-11(15)9-3-2-8(18-9)6-12-5-4-10-13-7-17-14-10/h2-3,7,12H,4-6H2,1H3. The van der Waals surface area contributed by atoms with Crippen molar-refractivity contribution in [1.82, 2.24) is 15.5 Å². The molecule has 0 saturated heterocycles. The molecule has 0 atom stereocenters. The van der Waals surface area contributed by atoms with E-state index in [9.17, 15) is 4.79 Å². The fourth-order valence-electron chi connectivity index (χ4n) is 1.40. The Labute approximate surface area is 103 Å². The summed E-state index contributed by atoms with van der Waals surface area (Å²) in [4.78, 5) is 15.0. The van der Waals surface area contributed by atoms with Gasteiger partial charge in [0, 0.05) is 13.0 Å². The highest BCUT2D eigenvalue weighted by Crippen LogP contribution is 2.08. The highest BCUT2D eigenvalue weighted by Gasteiger charge is 2.10. The van der Waals surface area contributed by atoms with Gasteiger partial charge in [-0.15, -0.1) is 0 Å². The van der Waals surface area contributed by atoms with E-state index in [1.165, 1.54) is 13.5 Å². The summed E-state index contributed by atoms with van der Waals surface area (Å²) in [7, 11) is 1.31. The summed E-state index contributed by atoms with van der Waals surface area (Å²) in [5, 5.41) is 6.83. The lowest BCUT2D eigenvalue weighted by molar-refractivity contribution is 0.0563. The van der Waals surface area contributed by atoms with Crippen molar-refractivity contribution in [3.8, 4) is 0 Å². The van der Waals surface area contributed by atoms with Gasteiger partial charge in [0.25, 0.3) is 0 Å². The van der Waals surface area contributed by atoms with Crippen molar-refractivity contribution in [3.63, 3.8) is 0 Å². The van der Waals surface area contributed by atoms with Crippen molar-refractivity contribution in [2.45, 2.75) is 13.0 Å². The van der Waals surface area contributed by atoms with Crippen LogP contribution in [0.15, 0.2) is 27.5 Å². The Morgan fingerprint density at radius 3 is 3.11 bits per heavy atom. The first-order valence-corrected chi connectivity index (χ1v) is 5.42. The number of furan rings is 1. The zero-order chi connectivity index (χ0) is 12.8. The van der Waals surface area contributed by atoms with Crippen LogP contribution in [0.4, 0.5) is 0 Å². The predicted molar refractivity (Wildman–Crippen MR) is 59.8 cm³/mol. The third kappa shape index (κ3) is 3.17. The van der Waals surface area contributed by atoms with E-state index < -0.39 is 5.97 Å². The fourth-order valence-corrected chi connectivity index (χ4v) is 1.40. The maximum absolute atomic E-state index is 11.1. The minimum absolute atomic E-state index is 0.201. The lowest BCUT2D eigenvalue weighted by Gasteiger charge is -1.99. The van der Waals surface area contributed by atoms with Crippen LogP contribution in [0.5, 0.6) is 0 Å². The Morgan fingerprint density at radius 2 is 2.39 bits per heavy atom. The van der Waals surface area contributed by atoms with Crippen LogP contribution in [0.2, 0.25) is 0 Å².